The van der Waals surface area contributed by atoms with Gasteiger partial charge in [-0.15, -0.1) is 0 Å². The van der Waals surface area contributed by atoms with Gasteiger partial charge in [-0.3, -0.25) is 4.79 Å². The van der Waals surface area contributed by atoms with E-state index in [-0.39, 0.29) is 0 Å². The summed E-state index contributed by atoms with van der Waals surface area (Å²) in [5, 5.41) is 0. The lowest BCUT2D eigenvalue weighted by Gasteiger charge is -2.09. The second-order valence-corrected chi connectivity index (χ2v) is 3.94. The molecule has 2 rings (SSSR count). The molecule has 0 unspecified atom stereocenters. The Bertz CT molecular complexity index is 527. The third-order valence-electron chi connectivity index (χ3n) is 2.72. The number of methoxy groups -OCH3 is 1. The zero-order chi connectivity index (χ0) is 12.3. The van der Waals surface area contributed by atoms with Crippen LogP contribution >= 0.6 is 0 Å². The number of aldehydes is 1. The quantitative estimate of drug-likeness (QED) is 0.749. The first-order valence-corrected chi connectivity index (χ1v) is 5.45. The lowest BCUT2D eigenvalue weighted by Crippen LogP contribution is -1.90. The summed E-state index contributed by atoms with van der Waals surface area (Å²) in [7, 11) is 1.61. The minimum Gasteiger partial charge on any atom is -0.496 e. The van der Waals surface area contributed by atoms with Gasteiger partial charge in [0.25, 0.3) is 0 Å². The van der Waals surface area contributed by atoms with Crippen molar-refractivity contribution in [2.45, 2.75) is 6.92 Å². The van der Waals surface area contributed by atoms with Crippen molar-refractivity contribution in [1.29, 1.82) is 0 Å². The van der Waals surface area contributed by atoms with Crippen LogP contribution in [0.25, 0.3) is 11.1 Å². The highest BCUT2D eigenvalue weighted by molar-refractivity contribution is 5.80. The Morgan fingerprint density at radius 1 is 1.06 bits per heavy atom. The molecule has 0 saturated carbocycles. The van der Waals surface area contributed by atoms with Gasteiger partial charge in [-0.25, -0.2) is 0 Å². The molecule has 17 heavy (non-hydrogen) atoms. The van der Waals surface area contributed by atoms with Crippen molar-refractivity contribution in [2.24, 2.45) is 0 Å². The zero-order valence-electron chi connectivity index (χ0n) is 9.94. The normalized spacial score (nSPS) is 10.0. The Labute approximate surface area is 101 Å². The summed E-state index contributed by atoms with van der Waals surface area (Å²) in [5.41, 5.74) is 3.93. The highest BCUT2D eigenvalue weighted by Crippen LogP contribution is 2.30. The van der Waals surface area contributed by atoms with Crippen molar-refractivity contribution in [2.75, 3.05) is 7.11 Å². The number of hydrogen-bond acceptors (Lipinski definition) is 2. The molecule has 0 saturated heterocycles. The molecule has 0 radical (unpaired) electrons. The molecule has 0 atom stereocenters. The van der Waals surface area contributed by atoms with Crippen molar-refractivity contribution < 1.29 is 9.53 Å². The van der Waals surface area contributed by atoms with E-state index in [1.54, 1.807) is 19.2 Å². The van der Waals surface area contributed by atoms with E-state index in [0.29, 0.717) is 5.56 Å². The molecule has 2 heteroatoms. The van der Waals surface area contributed by atoms with E-state index in [4.69, 9.17) is 4.74 Å². The maximum absolute atomic E-state index is 10.7. The smallest absolute Gasteiger partial charge is 0.150 e. The number of carbonyl (C=O) groups is 1. The Morgan fingerprint density at radius 2 is 1.76 bits per heavy atom. The monoisotopic (exact) mass is 226 g/mol. The minimum atomic E-state index is 0.623. The standard InChI is InChI=1S/C15H14O2/c1-11-3-6-13(7-4-11)14-8-5-12(10-16)9-15(14)17-2/h3-10H,1-2H3. The predicted molar refractivity (Wildman–Crippen MR) is 68.6 cm³/mol. The molecule has 0 aliphatic heterocycles. The first-order valence-electron chi connectivity index (χ1n) is 5.45. The second-order valence-electron chi connectivity index (χ2n) is 3.94. The molecule has 0 aliphatic carbocycles. The molecule has 0 amide bonds. The van der Waals surface area contributed by atoms with E-state index in [1.807, 2.05) is 18.2 Å². The fourth-order valence-electron chi connectivity index (χ4n) is 1.75. The van der Waals surface area contributed by atoms with Crippen LogP contribution in [-0.4, -0.2) is 13.4 Å². The first kappa shape index (κ1) is 11.4. The molecule has 0 heterocycles. The van der Waals surface area contributed by atoms with E-state index >= 15 is 0 Å². The largest absolute Gasteiger partial charge is 0.496 e. The molecule has 2 aromatic rings. The number of rotatable bonds is 3. The van der Waals surface area contributed by atoms with Crippen molar-refractivity contribution >= 4 is 6.29 Å². The van der Waals surface area contributed by atoms with Crippen molar-refractivity contribution in [3.63, 3.8) is 0 Å². The van der Waals surface area contributed by atoms with Crippen LogP contribution in [0, 0.1) is 6.92 Å². The van der Waals surface area contributed by atoms with Gasteiger partial charge in [-0.2, -0.15) is 0 Å². The highest BCUT2D eigenvalue weighted by Gasteiger charge is 2.06. The summed E-state index contributed by atoms with van der Waals surface area (Å²) in [6, 6.07) is 13.7. The van der Waals surface area contributed by atoms with Gasteiger partial charge in [-0.1, -0.05) is 35.9 Å². The molecule has 0 N–H and O–H groups in total. The topological polar surface area (TPSA) is 26.3 Å². The third kappa shape index (κ3) is 2.36. The summed E-state index contributed by atoms with van der Waals surface area (Å²) in [6.07, 6.45) is 0.821. The fraction of sp³-hybridized carbons (Fsp3) is 0.133. The van der Waals surface area contributed by atoms with Crippen LogP contribution in [0.15, 0.2) is 42.5 Å². The lowest BCUT2D eigenvalue weighted by atomic mass is 10.0. The van der Waals surface area contributed by atoms with Crippen molar-refractivity contribution in [3.05, 3.63) is 53.6 Å². The summed E-state index contributed by atoms with van der Waals surface area (Å²) in [4.78, 5) is 10.7. The van der Waals surface area contributed by atoms with E-state index in [0.717, 1.165) is 23.2 Å². The summed E-state index contributed by atoms with van der Waals surface area (Å²) >= 11 is 0. The Morgan fingerprint density at radius 3 is 2.35 bits per heavy atom. The van der Waals surface area contributed by atoms with E-state index in [9.17, 15) is 4.79 Å². The lowest BCUT2D eigenvalue weighted by molar-refractivity contribution is 0.112. The van der Waals surface area contributed by atoms with Crippen LogP contribution in [-0.2, 0) is 0 Å². The van der Waals surface area contributed by atoms with E-state index in [2.05, 4.69) is 19.1 Å². The molecule has 0 aromatic heterocycles. The van der Waals surface area contributed by atoms with E-state index in [1.165, 1.54) is 5.56 Å². The first-order chi connectivity index (χ1) is 8.24. The van der Waals surface area contributed by atoms with Gasteiger partial charge < -0.3 is 4.74 Å². The number of aryl methyl sites for hydroxylation is 1. The Kier molecular flexibility index (Phi) is 3.24. The van der Waals surface area contributed by atoms with Crippen LogP contribution in [0.1, 0.15) is 15.9 Å². The van der Waals surface area contributed by atoms with Gasteiger partial charge in [0.1, 0.15) is 12.0 Å². The highest BCUT2D eigenvalue weighted by atomic mass is 16.5. The average molecular weight is 226 g/mol. The van der Waals surface area contributed by atoms with Crippen molar-refractivity contribution in [3.8, 4) is 16.9 Å². The van der Waals surface area contributed by atoms with Crippen LogP contribution in [0.5, 0.6) is 5.75 Å². The maximum Gasteiger partial charge on any atom is 0.150 e. The van der Waals surface area contributed by atoms with Gasteiger partial charge in [0.2, 0.25) is 0 Å². The molecule has 0 fully saturated rings. The van der Waals surface area contributed by atoms with Crippen molar-refractivity contribution in [1.82, 2.24) is 0 Å². The molecule has 86 valence electrons. The minimum absolute atomic E-state index is 0.623. The predicted octanol–water partition coefficient (Wildman–Crippen LogP) is 3.48. The number of hydrogen-bond donors (Lipinski definition) is 0. The SMILES string of the molecule is COc1cc(C=O)ccc1-c1ccc(C)cc1. The second kappa shape index (κ2) is 4.83. The van der Waals surface area contributed by atoms with Crippen LogP contribution in [0.4, 0.5) is 0 Å². The van der Waals surface area contributed by atoms with Gasteiger partial charge in [-0.05, 0) is 24.6 Å². The van der Waals surface area contributed by atoms with Gasteiger partial charge in [0.05, 0.1) is 7.11 Å². The molecule has 0 spiro atoms. The van der Waals surface area contributed by atoms with Crippen LogP contribution < -0.4 is 4.74 Å². The van der Waals surface area contributed by atoms with Crippen LogP contribution in [0.2, 0.25) is 0 Å². The number of benzene rings is 2. The van der Waals surface area contributed by atoms with Gasteiger partial charge in [0, 0.05) is 11.1 Å². The molecule has 0 bridgehead atoms. The summed E-state index contributed by atoms with van der Waals surface area (Å²) in [6.45, 7) is 2.05. The molecule has 0 aliphatic rings. The molecular weight excluding hydrogens is 212 g/mol. The summed E-state index contributed by atoms with van der Waals surface area (Å²) in [5.74, 6) is 0.721. The fourth-order valence-corrected chi connectivity index (χ4v) is 1.75. The zero-order valence-corrected chi connectivity index (χ0v) is 9.94. The molecular formula is C15H14O2. The Hall–Kier alpha value is -2.09. The average Bonchev–Trinajstić information content (AvgIpc) is 2.39. The number of ether oxygens (including phenoxy) is 1. The van der Waals surface area contributed by atoms with Crippen LogP contribution in [0.3, 0.4) is 0 Å². The molecule has 2 nitrogen and oxygen atoms in total. The van der Waals surface area contributed by atoms with E-state index < -0.39 is 0 Å². The molecule has 2 aromatic carbocycles. The Balaban J connectivity index is 2.51. The van der Waals surface area contributed by atoms with Gasteiger partial charge >= 0.3 is 0 Å². The third-order valence-corrected chi connectivity index (χ3v) is 2.72. The number of carbonyl (C=O) groups excluding carboxylic acids is 1. The summed E-state index contributed by atoms with van der Waals surface area (Å²) < 4.78 is 5.31. The maximum atomic E-state index is 10.7. The van der Waals surface area contributed by atoms with Gasteiger partial charge in [0.15, 0.2) is 0 Å².